The van der Waals surface area contributed by atoms with E-state index in [-0.39, 0.29) is 10.8 Å². The standard InChI is InChI=1S/C16H21NO6S/c1-17(15(18)13-10-14(13)16(19)20)7-4-8-23-11-5-3-6-12(9-11)24(2,21)22/h3,5-6,9,13-14H,4,7-8,10H2,1-2H3,(H,19,20)/t13-,14-/m1/s1. The first-order valence-corrected chi connectivity index (χ1v) is 9.50. The molecule has 2 rings (SSSR count). The second kappa shape index (κ2) is 7.21. The van der Waals surface area contributed by atoms with Crippen molar-refractivity contribution in [1.82, 2.24) is 4.90 Å². The van der Waals surface area contributed by atoms with Crippen LogP contribution in [0.25, 0.3) is 0 Å². The number of hydrogen-bond donors (Lipinski definition) is 1. The Hall–Kier alpha value is -2.09. The molecule has 0 unspecified atom stereocenters. The van der Waals surface area contributed by atoms with Crippen LogP contribution in [0.5, 0.6) is 5.75 Å². The third kappa shape index (κ3) is 4.70. The fourth-order valence-corrected chi connectivity index (χ4v) is 3.08. The van der Waals surface area contributed by atoms with Gasteiger partial charge in [0.25, 0.3) is 0 Å². The molecule has 0 radical (unpaired) electrons. The maximum Gasteiger partial charge on any atom is 0.307 e. The van der Waals surface area contributed by atoms with Gasteiger partial charge in [0.1, 0.15) is 5.75 Å². The lowest BCUT2D eigenvalue weighted by molar-refractivity contribution is -0.141. The molecule has 8 heteroatoms. The van der Waals surface area contributed by atoms with Crippen LogP contribution in [0.15, 0.2) is 29.2 Å². The van der Waals surface area contributed by atoms with Gasteiger partial charge in [0.05, 0.1) is 23.3 Å². The fraction of sp³-hybridized carbons (Fsp3) is 0.500. The van der Waals surface area contributed by atoms with Gasteiger partial charge in [-0.05, 0) is 31.0 Å². The topological polar surface area (TPSA) is 101 Å². The zero-order valence-electron chi connectivity index (χ0n) is 13.6. The van der Waals surface area contributed by atoms with Crippen molar-refractivity contribution < 1.29 is 27.9 Å². The Kier molecular flexibility index (Phi) is 5.48. The Morgan fingerprint density at radius 3 is 2.62 bits per heavy atom. The molecule has 0 bridgehead atoms. The molecule has 2 atom stereocenters. The quantitative estimate of drug-likeness (QED) is 0.699. The smallest absolute Gasteiger partial charge is 0.307 e. The number of nitrogens with zero attached hydrogens (tertiary/aromatic N) is 1. The summed E-state index contributed by atoms with van der Waals surface area (Å²) in [6.45, 7) is 0.783. The molecule has 0 aliphatic heterocycles. The van der Waals surface area contributed by atoms with Crippen LogP contribution in [0.1, 0.15) is 12.8 Å². The van der Waals surface area contributed by atoms with Gasteiger partial charge in [-0.1, -0.05) is 6.07 Å². The van der Waals surface area contributed by atoms with Gasteiger partial charge in [-0.25, -0.2) is 8.42 Å². The number of amides is 1. The molecular weight excluding hydrogens is 334 g/mol. The third-order valence-electron chi connectivity index (χ3n) is 3.94. The average Bonchev–Trinajstić information content (AvgIpc) is 3.31. The van der Waals surface area contributed by atoms with Crippen molar-refractivity contribution >= 4 is 21.7 Å². The SMILES string of the molecule is CN(CCCOc1cccc(S(C)(=O)=O)c1)C(=O)[C@@H]1C[C@H]1C(=O)O. The maximum atomic E-state index is 12.0. The Balaban J connectivity index is 1.75. The Labute approximate surface area is 141 Å². The van der Waals surface area contributed by atoms with E-state index in [0.29, 0.717) is 31.7 Å². The van der Waals surface area contributed by atoms with Crippen LogP contribution >= 0.6 is 0 Å². The minimum absolute atomic E-state index is 0.151. The number of carboxylic acids is 1. The zero-order valence-corrected chi connectivity index (χ0v) is 14.5. The monoisotopic (exact) mass is 355 g/mol. The molecule has 1 aromatic rings. The van der Waals surface area contributed by atoms with Gasteiger partial charge in [-0.15, -0.1) is 0 Å². The molecule has 1 N–H and O–H groups in total. The van der Waals surface area contributed by atoms with Crippen LogP contribution in [-0.4, -0.2) is 56.8 Å². The van der Waals surface area contributed by atoms with Gasteiger partial charge >= 0.3 is 5.97 Å². The molecular formula is C16H21NO6S. The summed E-state index contributed by atoms with van der Waals surface area (Å²) in [5.41, 5.74) is 0. The van der Waals surface area contributed by atoms with Crippen molar-refractivity contribution in [3.05, 3.63) is 24.3 Å². The second-order valence-electron chi connectivity index (χ2n) is 6.00. The van der Waals surface area contributed by atoms with Crippen molar-refractivity contribution in [2.45, 2.75) is 17.7 Å². The first-order valence-electron chi connectivity index (χ1n) is 7.61. The van der Waals surface area contributed by atoms with Crippen molar-refractivity contribution in [2.24, 2.45) is 11.8 Å². The molecule has 0 saturated heterocycles. The van der Waals surface area contributed by atoms with E-state index >= 15 is 0 Å². The molecule has 7 nitrogen and oxygen atoms in total. The van der Waals surface area contributed by atoms with Gasteiger partial charge in [0.2, 0.25) is 5.91 Å². The van der Waals surface area contributed by atoms with E-state index in [9.17, 15) is 18.0 Å². The second-order valence-corrected chi connectivity index (χ2v) is 8.01. The minimum Gasteiger partial charge on any atom is -0.493 e. The summed E-state index contributed by atoms with van der Waals surface area (Å²) in [4.78, 5) is 24.5. The molecule has 1 fully saturated rings. The van der Waals surface area contributed by atoms with Crippen LogP contribution in [0.4, 0.5) is 0 Å². The zero-order chi connectivity index (χ0) is 17.9. The van der Waals surface area contributed by atoms with Crippen LogP contribution in [0, 0.1) is 11.8 Å². The number of aliphatic carboxylic acids is 1. The minimum atomic E-state index is -3.28. The van der Waals surface area contributed by atoms with Gasteiger partial charge in [-0.3, -0.25) is 9.59 Å². The predicted octanol–water partition coefficient (Wildman–Crippen LogP) is 1.04. The van der Waals surface area contributed by atoms with E-state index in [1.54, 1.807) is 19.2 Å². The number of hydrogen-bond acceptors (Lipinski definition) is 5. The normalized spacial score (nSPS) is 19.6. The Bertz CT molecular complexity index is 730. The van der Waals surface area contributed by atoms with Crippen molar-refractivity contribution in [3.63, 3.8) is 0 Å². The molecule has 1 amide bonds. The predicted molar refractivity (Wildman–Crippen MR) is 86.5 cm³/mol. The highest BCUT2D eigenvalue weighted by Crippen LogP contribution is 2.39. The van der Waals surface area contributed by atoms with E-state index in [1.807, 2.05) is 0 Å². The van der Waals surface area contributed by atoms with E-state index < -0.39 is 27.6 Å². The fourth-order valence-electron chi connectivity index (χ4n) is 2.42. The molecule has 0 aromatic heterocycles. The summed E-state index contributed by atoms with van der Waals surface area (Å²) in [5.74, 6) is -1.56. The van der Waals surface area contributed by atoms with Gasteiger partial charge in [-0.2, -0.15) is 0 Å². The highest BCUT2D eigenvalue weighted by Gasteiger charge is 2.49. The summed E-state index contributed by atoms with van der Waals surface area (Å²) in [6, 6.07) is 6.25. The number of benzene rings is 1. The molecule has 1 aliphatic carbocycles. The van der Waals surface area contributed by atoms with Crippen LogP contribution < -0.4 is 4.74 Å². The van der Waals surface area contributed by atoms with Crippen LogP contribution in [-0.2, 0) is 19.4 Å². The van der Waals surface area contributed by atoms with Crippen LogP contribution in [0.3, 0.4) is 0 Å². The summed E-state index contributed by atoms with van der Waals surface area (Å²) in [7, 11) is -1.63. The molecule has 1 saturated carbocycles. The highest BCUT2D eigenvalue weighted by molar-refractivity contribution is 7.90. The van der Waals surface area contributed by atoms with Crippen LogP contribution in [0.2, 0.25) is 0 Å². The van der Waals surface area contributed by atoms with E-state index in [0.717, 1.165) is 6.26 Å². The summed E-state index contributed by atoms with van der Waals surface area (Å²) in [6.07, 6.45) is 2.11. The molecule has 0 heterocycles. The summed E-state index contributed by atoms with van der Waals surface area (Å²) in [5, 5.41) is 8.84. The number of sulfone groups is 1. The van der Waals surface area contributed by atoms with Crippen molar-refractivity contribution in [3.8, 4) is 5.75 Å². The molecule has 0 spiro atoms. The third-order valence-corrected chi connectivity index (χ3v) is 5.05. The largest absolute Gasteiger partial charge is 0.493 e. The lowest BCUT2D eigenvalue weighted by Crippen LogP contribution is -2.31. The van der Waals surface area contributed by atoms with Crippen molar-refractivity contribution in [1.29, 1.82) is 0 Å². The Morgan fingerprint density at radius 1 is 1.33 bits per heavy atom. The number of ether oxygens (including phenoxy) is 1. The lowest BCUT2D eigenvalue weighted by Gasteiger charge is -2.17. The van der Waals surface area contributed by atoms with Gasteiger partial charge in [0, 0.05) is 19.8 Å². The number of rotatable bonds is 8. The molecule has 132 valence electrons. The lowest BCUT2D eigenvalue weighted by atomic mass is 10.2. The highest BCUT2D eigenvalue weighted by atomic mass is 32.2. The first kappa shape index (κ1) is 18.3. The van der Waals surface area contributed by atoms with E-state index in [2.05, 4.69) is 0 Å². The summed E-state index contributed by atoms with van der Waals surface area (Å²) < 4.78 is 28.5. The van der Waals surface area contributed by atoms with Gasteiger partial charge < -0.3 is 14.7 Å². The Morgan fingerprint density at radius 2 is 2.04 bits per heavy atom. The molecule has 24 heavy (non-hydrogen) atoms. The number of carbonyl (C=O) groups is 2. The number of carboxylic acid groups (broad SMARTS) is 1. The van der Waals surface area contributed by atoms with E-state index in [1.165, 1.54) is 17.0 Å². The summed E-state index contributed by atoms with van der Waals surface area (Å²) >= 11 is 0. The average molecular weight is 355 g/mol. The number of carbonyl (C=O) groups excluding carboxylic acids is 1. The van der Waals surface area contributed by atoms with Gasteiger partial charge in [0.15, 0.2) is 9.84 Å². The molecule has 1 aromatic carbocycles. The molecule has 1 aliphatic rings. The van der Waals surface area contributed by atoms with E-state index in [4.69, 9.17) is 9.84 Å². The first-order chi connectivity index (χ1) is 11.2. The maximum absolute atomic E-state index is 12.0. The van der Waals surface area contributed by atoms with Crippen molar-refractivity contribution in [2.75, 3.05) is 26.5 Å².